The van der Waals surface area contributed by atoms with Gasteiger partial charge in [0.1, 0.15) is 0 Å². The van der Waals surface area contributed by atoms with Crippen LogP contribution in [0.1, 0.15) is 41.9 Å². The van der Waals surface area contributed by atoms with Crippen LogP contribution in [-0.2, 0) is 6.54 Å². The molecule has 1 aromatic rings. The second kappa shape index (κ2) is 5.88. The largest absolute Gasteiger partial charge is 0.478 e. The molecule has 0 aliphatic carbocycles. The van der Waals surface area contributed by atoms with Crippen LogP contribution in [0, 0.1) is 0 Å². The molecule has 4 heteroatoms. The van der Waals surface area contributed by atoms with Gasteiger partial charge in [0.25, 0.3) is 0 Å². The van der Waals surface area contributed by atoms with Crippen molar-refractivity contribution in [1.29, 1.82) is 0 Å². The number of hydrogen-bond acceptors (Lipinski definition) is 3. The van der Waals surface area contributed by atoms with E-state index in [1.807, 2.05) is 0 Å². The Morgan fingerprint density at radius 2 is 2.20 bits per heavy atom. The van der Waals surface area contributed by atoms with E-state index in [1.54, 1.807) is 11.4 Å². The number of aromatic carboxylic acids is 1. The number of thiophene rings is 1. The maximum absolute atomic E-state index is 10.7. The monoisotopic (exact) mass is 227 g/mol. The number of carboxylic acids is 1. The van der Waals surface area contributed by atoms with Crippen molar-refractivity contribution in [3.05, 3.63) is 21.9 Å². The molecule has 2 N–H and O–H groups in total. The average Bonchev–Trinajstić information content (AvgIpc) is 2.68. The molecule has 0 atom stereocenters. The zero-order valence-electron chi connectivity index (χ0n) is 9.12. The molecule has 1 aromatic heterocycles. The van der Waals surface area contributed by atoms with Crippen LogP contribution >= 0.6 is 11.3 Å². The van der Waals surface area contributed by atoms with Gasteiger partial charge in [0.2, 0.25) is 0 Å². The Balaban J connectivity index is 2.47. The van der Waals surface area contributed by atoms with E-state index >= 15 is 0 Å². The molecule has 0 saturated carbocycles. The van der Waals surface area contributed by atoms with Crippen molar-refractivity contribution in [1.82, 2.24) is 5.32 Å². The SMILES string of the molecule is CCC(CC)NCc1cc(C(=O)O)cs1. The fourth-order valence-corrected chi connectivity index (χ4v) is 2.22. The van der Waals surface area contributed by atoms with Crippen molar-refractivity contribution in [3.63, 3.8) is 0 Å². The first-order valence-electron chi connectivity index (χ1n) is 5.21. The molecule has 3 nitrogen and oxygen atoms in total. The van der Waals surface area contributed by atoms with E-state index in [-0.39, 0.29) is 0 Å². The van der Waals surface area contributed by atoms with Crippen LogP contribution in [0.15, 0.2) is 11.4 Å². The van der Waals surface area contributed by atoms with Crippen LogP contribution < -0.4 is 5.32 Å². The Hall–Kier alpha value is -0.870. The summed E-state index contributed by atoms with van der Waals surface area (Å²) in [6.45, 7) is 5.07. The molecule has 1 heterocycles. The van der Waals surface area contributed by atoms with Crippen molar-refractivity contribution >= 4 is 17.3 Å². The molecule has 0 bridgehead atoms. The van der Waals surface area contributed by atoms with Gasteiger partial charge < -0.3 is 10.4 Å². The summed E-state index contributed by atoms with van der Waals surface area (Å²) in [5.41, 5.74) is 0.390. The van der Waals surface area contributed by atoms with Crippen molar-refractivity contribution in [2.45, 2.75) is 39.3 Å². The van der Waals surface area contributed by atoms with Gasteiger partial charge in [0, 0.05) is 22.8 Å². The van der Waals surface area contributed by atoms with Gasteiger partial charge in [-0.3, -0.25) is 0 Å². The van der Waals surface area contributed by atoms with Crippen LogP contribution in [0.3, 0.4) is 0 Å². The zero-order valence-corrected chi connectivity index (χ0v) is 9.93. The van der Waals surface area contributed by atoms with Crippen molar-refractivity contribution in [3.8, 4) is 0 Å². The minimum absolute atomic E-state index is 0.390. The first-order chi connectivity index (χ1) is 7.17. The number of rotatable bonds is 6. The number of carbonyl (C=O) groups is 1. The molecule has 0 spiro atoms. The minimum atomic E-state index is -0.847. The molecule has 0 fully saturated rings. The standard InChI is InChI=1S/C11H17NO2S/c1-3-9(4-2)12-6-10-5-8(7-15-10)11(13)14/h5,7,9,12H,3-4,6H2,1-2H3,(H,13,14). The molecule has 0 aliphatic heterocycles. The van der Waals surface area contributed by atoms with Crippen molar-refractivity contribution < 1.29 is 9.90 Å². The summed E-state index contributed by atoms with van der Waals surface area (Å²) >= 11 is 1.50. The van der Waals surface area contributed by atoms with E-state index in [9.17, 15) is 4.79 Å². The van der Waals surface area contributed by atoms with Gasteiger partial charge in [-0.15, -0.1) is 11.3 Å². The Kier molecular flexibility index (Phi) is 4.78. The summed E-state index contributed by atoms with van der Waals surface area (Å²) in [4.78, 5) is 11.7. The van der Waals surface area contributed by atoms with E-state index in [0.717, 1.165) is 24.3 Å². The van der Waals surface area contributed by atoms with Gasteiger partial charge in [-0.25, -0.2) is 4.79 Å². The highest BCUT2D eigenvalue weighted by Crippen LogP contribution is 2.14. The van der Waals surface area contributed by atoms with Crippen LogP contribution in [-0.4, -0.2) is 17.1 Å². The Morgan fingerprint density at radius 3 is 2.67 bits per heavy atom. The third-order valence-electron chi connectivity index (χ3n) is 2.45. The number of carboxylic acid groups (broad SMARTS) is 1. The lowest BCUT2D eigenvalue weighted by molar-refractivity contribution is 0.0697. The molecule has 0 aromatic carbocycles. The molecule has 1 rings (SSSR count). The predicted octanol–water partition coefficient (Wildman–Crippen LogP) is 2.72. The summed E-state index contributed by atoms with van der Waals surface area (Å²) in [7, 11) is 0. The Bertz CT molecular complexity index is 318. The maximum Gasteiger partial charge on any atom is 0.336 e. The maximum atomic E-state index is 10.7. The fourth-order valence-electron chi connectivity index (χ4n) is 1.41. The van der Waals surface area contributed by atoms with Crippen LogP contribution in [0.4, 0.5) is 0 Å². The van der Waals surface area contributed by atoms with E-state index in [2.05, 4.69) is 19.2 Å². The lowest BCUT2D eigenvalue weighted by Gasteiger charge is -2.13. The summed E-state index contributed by atoms with van der Waals surface area (Å²) in [6.07, 6.45) is 2.21. The first-order valence-corrected chi connectivity index (χ1v) is 6.09. The summed E-state index contributed by atoms with van der Waals surface area (Å²) in [6, 6.07) is 2.27. The Morgan fingerprint density at radius 1 is 1.53 bits per heavy atom. The minimum Gasteiger partial charge on any atom is -0.478 e. The molecule has 0 aliphatic rings. The molecule has 84 valence electrons. The normalized spacial score (nSPS) is 10.9. The molecule has 0 saturated heterocycles. The van der Waals surface area contributed by atoms with Crippen molar-refractivity contribution in [2.24, 2.45) is 0 Å². The van der Waals surface area contributed by atoms with E-state index in [0.29, 0.717) is 11.6 Å². The Labute approximate surface area is 94.1 Å². The molecule has 0 amide bonds. The smallest absolute Gasteiger partial charge is 0.336 e. The van der Waals surface area contributed by atoms with Crippen LogP contribution in [0.2, 0.25) is 0 Å². The molecular weight excluding hydrogens is 210 g/mol. The van der Waals surface area contributed by atoms with E-state index in [1.165, 1.54) is 11.3 Å². The van der Waals surface area contributed by atoms with Crippen LogP contribution in [0.25, 0.3) is 0 Å². The fraction of sp³-hybridized carbons (Fsp3) is 0.545. The second-order valence-electron chi connectivity index (χ2n) is 3.50. The zero-order chi connectivity index (χ0) is 11.3. The van der Waals surface area contributed by atoms with Gasteiger partial charge in [-0.1, -0.05) is 13.8 Å². The van der Waals surface area contributed by atoms with Gasteiger partial charge >= 0.3 is 5.97 Å². The topological polar surface area (TPSA) is 49.3 Å². The highest BCUT2D eigenvalue weighted by molar-refractivity contribution is 7.10. The van der Waals surface area contributed by atoms with Gasteiger partial charge in [0.15, 0.2) is 0 Å². The highest BCUT2D eigenvalue weighted by Gasteiger charge is 2.07. The number of hydrogen-bond donors (Lipinski definition) is 2. The highest BCUT2D eigenvalue weighted by atomic mass is 32.1. The molecule has 15 heavy (non-hydrogen) atoms. The van der Waals surface area contributed by atoms with E-state index in [4.69, 9.17) is 5.11 Å². The molecule has 0 unspecified atom stereocenters. The third-order valence-corrected chi connectivity index (χ3v) is 3.39. The van der Waals surface area contributed by atoms with Gasteiger partial charge in [-0.2, -0.15) is 0 Å². The average molecular weight is 227 g/mol. The third kappa shape index (κ3) is 3.64. The van der Waals surface area contributed by atoms with Gasteiger partial charge in [0.05, 0.1) is 5.56 Å². The summed E-state index contributed by atoms with van der Waals surface area (Å²) < 4.78 is 0. The quantitative estimate of drug-likeness (QED) is 0.785. The summed E-state index contributed by atoms with van der Waals surface area (Å²) in [5.74, 6) is -0.847. The van der Waals surface area contributed by atoms with Gasteiger partial charge in [-0.05, 0) is 18.9 Å². The lowest BCUT2D eigenvalue weighted by Crippen LogP contribution is -2.26. The first kappa shape index (κ1) is 12.2. The molecular formula is C11H17NO2S. The predicted molar refractivity (Wildman–Crippen MR) is 62.5 cm³/mol. The second-order valence-corrected chi connectivity index (χ2v) is 4.50. The van der Waals surface area contributed by atoms with Crippen molar-refractivity contribution in [2.75, 3.05) is 0 Å². The van der Waals surface area contributed by atoms with Crippen LogP contribution in [0.5, 0.6) is 0 Å². The van der Waals surface area contributed by atoms with E-state index < -0.39 is 5.97 Å². The number of nitrogens with one attached hydrogen (secondary N) is 1. The lowest BCUT2D eigenvalue weighted by atomic mass is 10.2. The molecule has 0 radical (unpaired) electrons. The summed E-state index contributed by atoms with van der Waals surface area (Å²) in [5, 5.41) is 13.8.